The van der Waals surface area contributed by atoms with Crippen molar-refractivity contribution in [2.24, 2.45) is 0 Å². The van der Waals surface area contributed by atoms with Gasteiger partial charge in [0.05, 0.1) is 5.69 Å². The number of anilines is 1. The Morgan fingerprint density at radius 3 is 2.74 bits per heavy atom. The molecule has 0 saturated carbocycles. The van der Waals surface area contributed by atoms with E-state index in [1.165, 1.54) is 0 Å². The molecule has 116 valence electrons. The molecule has 0 spiro atoms. The number of pyridine rings is 1. The van der Waals surface area contributed by atoms with E-state index in [9.17, 15) is 4.79 Å². The molecule has 0 aliphatic heterocycles. The number of benzene rings is 1. The Bertz CT molecular complexity index is 799. The smallest absolute Gasteiger partial charge is 0.263 e. The molecule has 0 saturated heterocycles. The number of hydrogen-bond donors (Lipinski definition) is 1. The summed E-state index contributed by atoms with van der Waals surface area (Å²) < 4.78 is 7.09. The van der Waals surface area contributed by atoms with Gasteiger partial charge in [-0.05, 0) is 31.2 Å². The highest BCUT2D eigenvalue weighted by atomic mass is 16.5. The largest absolute Gasteiger partial charge is 0.466 e. The van der Waals surface area contributed by atoms with Crippen molar-refractivity contribution in [3.05, 3.63) is 66.5 Å². The number of nitrogens with one attached hydrogen (secondary N) is 1. The third-order valence-electron chi connectivity index (χ3n) is 3.09. The lowest BCUT2D eigenvalue weighted by atomic mass is 10.3. The van der Waals surface area contributed by atoms with Gasteiger partial charge in [-0.25, -0.2) is 9.67 Å². The van der Waals surface area contributed by atoms with E-state index in [2.05, 4.69) is 15.4 Å². The van der Waals surface area contributed by atoms with Gasteiger partial charge in [-0.3, -0.25) is 4.79 Å². The standard InChI is InChI=1S/C17H16N4O2/c1-13-6-5-9-15(18-13)19-16(22)12-23-17-10-11-21(20-17)14-7-3-2-4-8-14/h2-11H,12H2,1H3,(H,18,19,22). The van der Waals surface area contributed by atoms with Crippen LogP contribution >= 0.6 is 0 Å². The van der Waals surface area contributed by atoms with Crippen LogP contribution in [0.3, 0.4) is 0 Å². The first-order valence-electron chi connectivity index (χ1n) is 7.18. The predicted octanol–water partition coefficient (Wildman–Crippen LogP) is 2.59. The molecule has 1 amide bonds. The van der Waals surface area contributed by atoms with E-state index < -0.39 is 0 Å². The molecule has 1 aromatic carbocycles. The lowest BCUT2D eigenvalue weighted by Gasteiger charge is -2.05. The average Bonchev–Trinajstić information content (AvgIpc) is 3.03. The van der Waals surface area contributed by atoms with Crippen LogP contribution in [0.4, 0.5) is 5.82 Å². The molecule has 0 atom stereocenters. The fraction of sp³-hybridized carbons (Fsp3) is 0.118. The van der Waals surface area contributed by atoms with E-state index in [1.54, 1.807) is 23.0 Å². The van der Waals surface area contributed by atoms with Crippen LogP contribution in [0.25, 0.3) is 5.69 Å². The van der Waals surface area contributed by atoms with Crippen LogP contribution < -0.4 is 10.1 Å². The molecule has 0 fully saturated rings. The number of rotatable bonds is 5. The Kier molecular flexibility index (Phi) is 4.33. The van der Waals surface area contributed by atoms with Gasteiger partial charge in [-0.2, -0.15) is 0 Å². The van der Waals surface area contributed by atoms with Gasteiger partial charge in [-0.1, -0.05) is 24.3 Å². The second-order valence-electron chi connectivity index (χ2n) is 4.94. The molecule has 2 aromatic heterocycles. The molecule has 0 radical (unpaired) electrons. The average molecular weight is 308 g/mol. The molecule has 3 aromatic rings. The first-order chi connectivity index (χ1) is 11.2. The van der Waals surface area contributed by atoms with E-state index in [1.807, 2.05) is 49.4 Å². The number of para-hydroxylation sites is 1. The molecule has 1 N–H and O–H groups in total. The van der Waals surface area contributed by atoms with Gasteiger partial charge < -0.3 is 10.1 Å². The number of amides is 1. The SMILES string of the molecule is Cc1cccc(NC(=O)COc2ccn(-c3ccccc3)n2)n1. The van der Waals surface area contributed by atoms with Gasteiger partial charge in [0.15, 0.2) is 6.61 Å². The number of ether oxygens (including phenoxy) is 1. The summed E-state index contributed by atoms with van der Waals surface area (Å²) in [7, 11) is 0. The minimum atomic E-state index is -0.280. The lowest BCUT2D eigenvalue weighted by molar-refractivity contribution is -0.118. The first kappa shape index (κ1) is 14.8. The Morgan fingerprint density at radius 2 is 1.96 bits per heavy atom. The highest BCUT2D eigenvalue weighted by Crippen LogP contribution is 2.11. The fourth-order valence-corrected chi connectivity index (χ4v) is 2.04. The van der Waals surface area contributed by atoms with Crippen LogP contribution in [-0.2, 0) is 4.79 Å². The lowest BCUT2D eigenvalue weighted by Crippen LogP contribution is -2.21. The first-order valence-corrected chi connectivity index (χ1v) is 7.18. The fourth-order valence-electron chi connectivity index (χ4n) is 2.04. The molecule has 2 heterocycles. The molecule has 3 rings (SSSR count). The number of carbonyl (C=O) groups excluding carboxylic acids is 1. The molecule has 6 nitrogen and oxygen atoms in total. The normalized spacial score (nSPS) is 10.3. The van der Waals surface area contributed by atoms with E-state index >= 15 is 0 Å². The summed E-state index contributed by atoms with van der Waals surface area (Å²) in [6, 6.07) is 16.8. The van der Waals surface area contributed by atoms with E-state index in [-0.39, 0.29) is 12.5 Å². The minimum Gasteiger partial charge on any atom is -0.466 e. The Morgan fingerprint density at radius 1 is 1.13 bits per heavy atom. The maximum absolute atomic E-state index is 11.9. The van der Waals surface area contributed by atoms with Gasteiger partial charge in [0.25, 0.3) is 5.91 Å². The molecule has 0 unspecified atom stereocenters. The Balaban J connectivity index is 1.56. The van der Waals surface area contributed by atoms with Crippen molar-refractivity contribution >= 4 is 11.7 Å². The van der Waals surface area contributed by atoms with E-state index in [0.717, 1.165) is 11.4 Å². The Labute approximate surface area is 133 Å². The summed E-state index contributed by atoms with van der Waals surface area (Å²) in [5.41, 5.74) is 1.76. The maximum atomic E-state index is 11.9. The zero-order valence-corrected chi connectivity index (χ0v) is 12.6. The molecule has 6 heteroatoms. The van der Waals surface area contributed by atoms with Crippen LogP contribution in [0.5, 0.6) is 5.88 Å². The van der Waals surface area contributed by atoms with Crippen molar-refractivity contribution in [2.45, 2.75) is 6.92 Å². The van der Waals surface area contributed by atoms with Crippen molar-refractivity contribution in [3.63, 3.8) is 0 Å². The quantitative estimate of drug-likeness (QED) is 0.786. The van der Waals surface area contributed by atoms with Gasteiger partial charge in [0.1, 0.15) is 5.82 Å². The van der Waals surface area contributed by atoms with Gasteiger partial charge in [0, 0.05) is 18.0 Å². The van der Waals surface area contributed by atoms with Crippen LogP contribution in [0.2, 0.25) is 0 Å². The molecule has 0 bridgehead atoms. The Hall–Kier alpha value is -3.15. The number of hydrogen-bond acceptors (Lipinski definition) is 4. The van der Waals surface area contributed by atoms with Crippen molar-refractivity contribution in [1.29, 1.82) is 0 Å². The molecule has 0 aliphatic rings. The van der Waals surface area contributed by atoms with Crippen LogP contribution in [-0.4, -0.2) is 27.3 Å². The number of nitrogens with zero attached hydrogens (tertiary/aromatic N) is 3. The number of carbonyl (C=O) groups is 1. The van der Waals surface area contributed by atoms with Crippen LogP contribution in [0.15, 0.2) is 60.8 Å². The van der Waals surface area contributed by atoms with Crippen molar-refractivity contribution in [2.75, 3.05) is 11.9 Å². The molecule has 23 heavy (non-hydrogen) atoms. The van der Waals surface area contributed by atoms with E-state index in [4.69, 9.17) is 4.74 Å². The third kappa shape index (κ3) is 3.94. The van der Waals surface area contributed by atoms with Gasteiger partial charge in [-0.15, -0.1) is 5.10 Å². The number of aryl methyl sites for hydroxylation is 1. The highest BCUT2D eigenvalue weighted by Gasteiger charge is 2.07. The highest BCUT2D eigenvalue weighted by molar-refractivity contribution is 5.90. The summed E-state index contributed by atoms with van der Waals surface area (Å²) in [6.07, 6.45) is 1.78. The summed E-state index contributed by atoms with van der Waals surface area (Å²) >= 11 is 0. The minimum absolute atomic E-state index is 0.124. The van der Waals surface area contributed by atoms with Crippen LogP contribution in [0, 0.1) is 6.92 Å². The van der Waals surface area contributed by atoms with E-state index in [0.29, 0.717) is 11.7 Å². The summed E-state index contributed by atoms with van der Waals surface area (Å²) in [5.74, 6) is 0.618. The van der Waals surface area contributed by atoms with Crippen molar-refractivity contribution < 1.29 is 9.53 Å². The predicted molar refractivity (Wildman–Crippen MR) is 86.7 cm³/mol. The monoisotopic (exact) mass is 308 g/mol. The van der Waals surface area contributed by atoms with Crippen molar-refractivity contribution in [3.8, 4) is 11.6 Å². The van der Waals surface area contributed by atoms with Gasteiger partial charge in [0.2, 0.25) is 5.88 Å². The molecular formula is C17H16N4O2. The zero-order valence-electron chi connectivity index (χ0n) is 12.6. The van der Waals surface area contributed by atoms with Gasteiger partial charge >= 0.3 is 0 Å². The van der Waals surface area contributed by atoms with Crippen LogP contribution in [0.1, 0.15) is 5.69 Å². The molecule has 0 aliphatic carbocycles. The molecular weight excluding hydrogens is 292 g/mol. The summed E-state index contributed by atoms with van der Waals surface area (Å²) in [4.78, 5) is 16.1. The third-order valence-corrected chi connectivity index (χ3v) is 3.09. The maximum Gasteiger partial charge on any atom is 0.263 e. The second kappa shape index (κ2) is 6.74. The van der Waals surface area contributed by atoms with Crippen molar-refractivity contribution in [1.82, 2.24) is 14.8 Å². The summed E-state index contributed by atoms with van der Waals surface area (Å²) in [6.45, 7) is 1.74. The second-order valence-corrected chi connectivity index (χ2v) is 4.94. The summed E-state index contributed by atoms with van der Waals surface area (Å²) in [5, 5.41) is 6.95. The zero-order chi connectivity index (χ0) is 16.1. The number of aromatic nitrogens is 3. The topological polar surface area (TPSA) is 69.0 Å².